The van der Waals surface area contributed by atoms with E-state index < -0.39 is 0 Å². The Morgan fingerprint density at radius 2 is 1.68 bits per heavy atom. The Kier molecular flexibility index (Phi) is 3.72. The second kappa shape index (κ2) is 5.14. The van der Waals surface area contributed by atoms with Crippen LogP contribution >= 0.6 is 0 Å². The van der Waals surface area contributed by atoms with Crippen molar-refractivity contribution in [1.29, 1.82) is 0 Å². The van der Waals surface area contributed by atoms with Crippen LogP contribution in [0.1, 0.15) is 36.6 Å². The van der Waals surface area contributed by atoms with Gasteiger partial charge >= 0.3 is 0 Å². The van der Waals surface area contributed by atoms with Crippen LogP contribution in [0.4, 0.5) is 4.39 Å². The molecule has 2 rings (SSSR count). The summed E-state index contributed by atoms with van der Waals surface area (Å²) < 4.78 is 13.2. The van der Waals surface area contributed by atoms with E-state index in [2.05, 4.69) is 26.0 Å². The van der Waals surface area contributed by atoms with Crippen molar-refractivity contribution in [2.45, 2.75) is 32.2 Å². The molecule has 2 aromatic carbocycles. The number of hydrogen-bond acceptors (Lipinski definition) is 1. The third-order valence-electron chi connectivity index (χ3n) is 3.86. The summed E-state index contributed by atoms with van der Waals surface area (Å²) in [6.45, 7) is 6.14. The van der Waals surface area contributed by atoms with Crippen molar-refractivity contribution >= 4 is 0 Å². The van der Waals surface area contributed by atoms with E-state index in [-0.39, 0.29) is 17.3 Å². The molecule has 1 atom stereocenters. The number of hydrogen-bond donors (Lipinski definition) is 1. The van der Waals surface area contributed by atoms with Crippen LogP contribution in [-0.2, 0) is 5.41 Å². The molecule has 0 fully saturated rings. The molecule has 0 saturated heterocycles. The van der Waals surface area contributed by atoms with E-state index in [0.717, 1.165) is 11.1 Å². The largest absolute Gasteiger partial charge is 0.323 e. The summed E-state index contributed by atoms with van der Waals surface area (Å²) in [7, 11) is 0. The molecule has 0 aliphatic carbocycles. The molecular weight excluding hydrogens is 237 g/mol. The lowest BCUT2D eigenvalue weighted by Gasteiger charge is -2.33. The van der Waals surface area contributed by atoms with Gasteiger partial charge in [0, 0.05) is 11.5 Å². The highest BCUT2D eigenvalue weighted by atomic mass is 19.1. The molecular formula is C17H20FN. The van der Waals surface area contributed by atoms with Crippen molar-refractivity contribution in [2.75, 3.05) is 0 Å². The third-order valence-corrected chi connectivity index (χ3v) is 3.86. The van der Waals surface area contributed by atoms with E-state index in [9.17, 15) is 4.39 Å². The van der Waals surface area contributed by atoms with Gasteiger partial charge in [0.2, 0.25) is 0 Å². The van der Waals surface area contributed by atoms with Crippen molar-refractivity contribution in [3.05, 3.63) is 71.0 Å². The second-order valence-electron chi connectivity index (χ2n) is 5.57. The van der Waals surface area contributed by atoms with Crippen LogP contribution in [0.2, 0.25) is 0 Å². The molecule has 0 amide bonds. The van der Waals surface area contributed by atoms with Crippen molar-refractivity contribution < 1.29 is 4.39 Å². The highest BCUT2D eigenvalue weighted by Gasteiger charge is 2.30. The number of nitrogens with two attached hydrogens (primary N) is 1. The summed E-state index contributed by atoms with van der Waals surface area (Å²) in [6.07, 6.45) is 0. The zero-order valence-electron chi connectivity index (χ0n) is 11.7. The maximum absolute atomic E-state index is 13.2. The minimum atomic E-state index is -0.217. The predicted octanol–water partition coefficient (Wildman–Crippen LogP) is 4.11. The molecule has 0 aliphatic heterocycles. The minimum Gasteiger partial charge on any atom is -0.323 e. The topological polar surface area (TPSA) is 26.0 Å². The van der Waals surface area contributed by atoms with E-state index in [0.29, 0.717) is 0 Å². The maximum atomic E-state index is 13.2. The SMILES string of the molecule is Cc1cc(F)ccc1C(N)C(C)(C)c1ccccc1. The van der Waals surface area contributed by atoms with E-state index in [1.54, 1.807) is 6.07 Å². The van der Waals surface area contributed by atoms with Gasteiger partial charge in [-0.15, -0.1) is 0 Å². The number of aryl methyl sites for hydroxylation is 1. The first-order valence-corrected chi connectivity index (χ1v) is 6.50. The molecule has 0 bridgehead atoms. The zero-order chi connectivity index (χ0) is 14.0. The molecule has 2 aromatic rings. The maximum Gasteiger partial charge on any atom is 0.123 e. The Hall–Kier alpha value is -1.67. The van der Waals surface area contributed by atoms with Gasteiger partial charge in [-0.2, -0.15) is 0 Å². The lowest BCUT2D eigenvalue weighted by Crippen LogP contribution is -2.33. The molecule has 1 unspecified atom stereocenters. The fourth-order valence-electron chi connectivity index (χ4n) is 2.42. The molecule has 0 spiro atoms. The van der Waals surface area contributed by atoms with E-state index in [1.807, 2.05) is 25.1 Å². The molecule has 0 saturated carbocycles. The quantitative estimate of drug-likeness (QED) is 0.879. The first-order chi connectivity index (χ1) is 8.93. The Morgan fingerprint density at radius 1 is 1.05 bits per heavy atom. The summed E-state index contributed by atoms with van der Waals surface area (Å²) in [4.78, 5) is 0. The molecule has 2 heteroatoms. The van der Waals surface area contributed by atoms with Crippen molar-refractivity contribution in [3.63, 3.8) is 0 Å². The van der Waals surface area contributed by atoms with Gasteiger partial charge in [-0.3, -0.25) is 0 Å². The van der Waals surface area contributed by atoms with Crippen molar-refractivity contribution in [2.24, 2.45) is 5.73 Å². The molecule has 0 radical (unpaired) electrons. The standard InChI is InChI=1S/C17H20FN/c1-12-11-14(18)9-10-15(12)16(19)17(2,3)13-7-5-4-6-8-13/h4-11,16H,19H2,1-3H3. The van der Waals surface area contributed by atoms with Crippen LogP contribution in [0.3, 0.4) is 0 Å². The Balaban J connectivity index is 2.40. The smallest absolute Gasteiger partial charge is 0.123 e. The van der Waals surface area contributed by atoms with E-state index >= 15 is 0 Å². The fraction of sp³-hybridized carbons (Fsp3) is 0.294. The summed E-state index contributed by atoms with van der Waals surface area (Å²) in [6, 6.07) is 14.8. The Bertz CT molecular complexity index is 561. The summed E-state index contributed by atoms with van der Waals surface area (Å²) in [5.74, 6) is -0.217. The normalized spacial score (nSPS) is 13.3. The van der Waals surface area contributed by atoms with Crippen molar-refractivity contribution in [3.8, 4) is 0 Å². The summed E-state index contributed by atoms with van der Waals surface area (Å²) >= 11 is 0. The van der Waals surface area contributed by atoms with Gasteiger partial charge < -0.3 is 5.73 Å². The van der Waals surface area contributed by atoms with Gasteiger partial charge in [-0.1, -0.05) is 50.2 Å². The van der Waals surface area contributed by atoms with Gasteiger partial charge in [0.25, 0.3) is 0 Å². The highest BCUT2D eigenvalue weighted by molar-refractivity contribution is 5.35. The number of halogens is 1. The van der Waals surface area contributed by atoms with Gasteiger partial charge in [0.05, 0.1) is 0 Å². The average molecular weight is 257 g/mol. The Morgan fingerprint density at radius 3 is 2.26 bits per heavy atom. The number of benzene rings is 2. The fourth-order valence-corrected chi connectivity index (χ4v) is 2.42. The second-order valence-corrected chi connectivity index (χ2v) is 5.57. The van der Waals surface area contributed by atoms with Crippen LogP contribution in [0.15, 0.2) is 48.5 Å². The molecule has 0 aliphatic rings. The predicted molar refractivity (Wildman–Crippen MR) is 77.5 cm³/mol. The van der Waals surface area contributed by atoms with Gasteiger partial charge in [0.1, 0.15) is 5.82 Å². The molecule has 2 N–H and O–H groups in total. The first kappa shape index (κ1) is 13.8. The monoisotopic (exact) mass is 257 g/mol. The van der Waals surface area contributed by atoms with Crippen molar-refractivity contribution in [1.82, 2.24) is 0 Å². The molecule has 0 heterocycles. The van der Waals surface area contributed by atoms with Crippen LogP contribution in [0, 0.1) is 12.7 Å². The highest BCUT2D eigenvalue weighted by Crippen LogP contribution is 2.36. The lowest BCUT2D eigenvalue weighted by molar-refractivity contribution is 0.419. The third kappa shape index (κ3) is 2.69. The van der Waals surface area contributed by atoms with Crippen LogP contribution in [0.25, 0.3) is 0 Å². The molecule has 1 nitrogen and oxygen atoms in total. The van der Waals surface area contributed by atoms with Gasteiger partial charge in [0.15, 0.2) is 0 Å². The minimum absolute atomic E-state index is 0.171. The van der Waals surface area contributed by atoms with E-state index in [4.69, 9.17) is 5.73 Å². The van der Waals surface area contributed by atoms with Crippen LogP contribution in [0.5, 0.6) is 0 Å². The summed E-state index contributed by atoms with van der Waals surface area (Å²) in [5.41, 5.74) is 9.31. The summed E-state index contributed by atoms with van der Waals surface area (Å²) in [5, 5.41) is 0. The Labute approximate surface area is 114 Å². The first-order valence-electron chi connectivity index (χ1n) is 6.50. The van der Waals surface area contributed by atoms with Gasteiger partial charge in [-0.05, 0) is 35.7 Å². The number of rotatable bonds is 3. The molecule has 100 valence electrons. The lowest BCUT2D eigenvalue weighted by atomic mass is 9.74. The molecule has 0 aromatic heterocycles. The van der Waals surface area contributed by atoms with E-state index in [1.165, 1.54) is 17.7 Å². The van der Waals surface area contributed by atoms with Crippen LogP contribution in [-0.4, -0.2) is 0 Å². The van der Waals surface area contributed by atoms with Gasteiger partial charge in [-0.25, -0.2) is 4.39 Å². The van der Waals surface area contributed by atoms with Crippen LogP contribution < -0.4 is 5.73 Å². The molecule has 19 heavy (non-hydrogen) atoms. The zero-order valence-corrected chi connectivity index (χ0v) is 11.7. The average Bonchev–Trinajstić information content (AvgIpc) is 2.39.